The van der Waals surface area contributed by atoms with Crippen LogP contribution in [0.25, 0.3) is 0 Å². The number of anilines is 1. The average Bonchev–Trinajstić information content (AvgIpc) is 2.78. The molecule has 126 valence electrons. The lowest BCUT2D eigenvalue weighted by atomic mass is 9.76. The molecular formula is C14H14BrClF3N3O. The summed E-state index contributed by atoms with van der Waals surface area (Å²) < 4.78 is 39.3. The highest BCUT2D eigenvalue weighted by atomic mass is 79.9. The summed E-state index contributed by atoms with van der Waals surface area (Å²) in [5.74, 6) is -0.487. The summed E-state index contributed by atoms with van der Waals surface area (Å²) in [5.41, 5.74) is -0.162. The molecule has 0 radical (unpaired) electrons. The zero-order valence-corrected chi connectivity index (χ0v) is 14.3. The second-order valence-corrected chi connectivity index (χ2v) is 7.25. The van der Waals surface area contributed by atoms with Gasteiger partial charge in [-0.15, -0.1) is 0 Å². The molecule has 0 unspecified atom stereocenters. The quantitative estimate of drug-likeness (QED) is 0.767. The van der Waals surface area contributed by atoms with Gasteiger partial charge in [-0.1, -0.05) is 11.6 Å². The molecule has 3 rings (SSSR count). The number of pyridine rings is 1. The maximum atomic E-state index is 12.9. The number of hydrogen-bond acceptors (Lipinski definition) is 3. The van der Waals surface area contributed by atoms with Crippen molar-refractivity contribution < 1.29 is 18.0 Å². The summed E-state index contributed by atoms with van der Waals surface area (Å²) in [7, 11) is 0. The Balaban J connectivity index is 1.75. The van der Waals surface area contributed by atoms with Gasteiger partial charge in [-0.05, 0) is 35.2 Å². The van der Waals surface area contributed by atoms with Gasteiger partial charge in [0, 0.05) is 25.5 Å². The van der Waals surface area contributed by atoms with E-state index >= 15 is 0 Å². The molecule has 3 heterocycles. The van der Waals surface area contributed by atoms with Crippen molar-refractivity contribution in [1.82, 2.24) is 10.3 Å². The van der Waals surface area contributed by atoms with Crippen LogP contribution in [0.3, 0.4) is 0 Å². The van der Waals surface area contributed by atoms with Crippen LogP contribution in [0.2, 0.25) is 5.02 Å². The molecule has 2 saturated heterocycles. The Kier molecular flexibility index (Phi) is 4.25. The van der Waals surface area contributed by atoms with Crippen molar-refractivity contribution in [3.63, 3.8) is 0 Å². The van der Waals surface area contributed by atoms with Gasteiger partial charge in [0.1, 0.15) is 6.04 Å². The minimum atomic E-state index is -4.40. The molecule has 0 aromatic carbocycles. The smallest absolute Gasteiger partial charge is 0.369 e. The molecule has 0 saturated carbocycles. The van der Waals surface area contributed by atoms with E-state index in [0.29, 0.717) is 31.0 Å². The lowest BCUT2D eigenvalue weighted by Crippen LogP contribution is -2.44. The molecule has 2 aliphatic heterocycles. The van der Waals surface area contributed by atoms with Gasteiger partial charge in [-0.3, -0.25) is 9.78 Å². The highest BCUT2D eigenvalue weighted by Gasteiger charge is 2.56. The largest absolute Gasteiger partial charge is 0.408 e. The zero-order valence-electron chi connectivity index (χ0n) is 12.0. The second-order valence-electron chi connectivity index (χ2n) is 5.99. The monoisotopic (exact) mass is 411 g/mol. The van der Waals surface area contributed by atoms with E-state index < -0.39 is 23.5 Å². The van der Waals surface area contributed by atoms with Crippen molar-refractivity contribution in [1.29, 1.82) is 0 Å². The number of alkyl halides is 3. The van der Waals surface area contributed by atoms with Crippen LogP contribution >= 0.6 is 27.5 Å². The minimum Gasteiger partial charge on any atom is -0.369 e. The number of hydrogen-bond donors (Lipinski definition) is 1. The SMILES string of the molecule is O=C1N[C@@H](C(F)(F)F)CC12CCN(c1c(Cl)cncc1Br)CC2. The molecule has 1 atom stereocenters. The number of nitrogens with zero attached hydrogens (tertiary/aromatic N) is 2. The highest BCUT2D eigenvalue weighted by Crippen LogP contribution is 2.46. The lowest BCUT2D eigenvalue weighted by Gasteiger charge is -2.39. The van der Waals surface area contributed by atoms with Crippen LogP contribution in [0, 0.1) is 5.41 Å². The highest BCUT2D eigenvalue weighted by molar-refractivity contribution is 9.10. The maximum absolute atomic E-state index is 12.9. The fraction of sp³-hybridized carbons (Fsp3) is 0.571. The summed E-state index contributed by atoms with van der Waals surface area (Å²) in [4.78, 5) is 18.1. The van der Waals surface area contributed by atoms with Gasteiger partial charge in [0.2, 0.25) is 5.91 Å². The predicted molar refractivity (Wildman–Crippen MR) is 83.4 cm³/mol. The van der Waals surface area contributed by atoms with Gasteiger partial charge in [0.25, 0.3) is 0 Å². The molecule has 2 aliphatic rings. The molecule has 1 N–H and O–H groups in total. The molecule has 1 aromatic rings. The van der Waals surface area contributed by atoms with Crippen LogP contribution in [0.15, 0.2) is 16.9 Å². The summed E-state index contributed by atoms with van der Waals surface area (Å²) in [6, 6.07) is -1.74. The molecule has 1 amide bonds. The molecule has 1 spiro atoms. The fourth-order valence-electron chi connectivity index (χ4n) is 3.34. The Labute approximate surface area is 144 Å². The summed E-state index contributed by atoms with van der Waals surface area (Å²) in [6.45, 7) is 0.945. The van der Waals surface area contributed by atoms with Crippen molar-refractivity contribution in [2.75, 3.05) is 18.0 Å². The molecule has 23 heavy (non-hydrogen) atoms. The molecule has 4 nitrogen and oxygen atoms in total. The van der Waals surface area contributed by atoms with E-state index in [4.69, 9.17) is 11.6 Å². The van der Waals surface area contributed by atoms with E-state index in [2.05, 4.69) is 26.2 Å². The second kappa shape index (κ2) is 5.81. The van der Waals surface area contributed by atoms with E-state index in [-0.39, 0.29) is 6.42 Å². The minimum absolute atomic E-state index is 0.186. The zero-order chi connectivity index (χ0) is 16.8. The van der Waals surface area contributed by atoms with Gasteiger partial charge < -0.3 is 10.2 Å². The third-order valence-electron chi connectivity index (χ3n) is 4.64. The maximum Gasteiger partial charge on any atom is 0.408 e. The third-order valence-corrected chi connectivity index (χ3v) is 5.50. The van der Waals surface area contributed by atoms with E-state index in [1.807, 2.05) is 4.90 Å². The summed E-state index contributed by atoms with van der Waals surface area (Å²) >= 11 is 9.55. The Morgan fingerprint density at radius 1 is 1.35 bits per heavy atom. The number of carbonyl (C=O) groups excluding carboxylic acids is 1. The van der Waals surface area contributed by atoms with Gasteiger partial charge in [-0.2, -0.15) is 13.2 Å². The van der Waals surface area contributed by atoms with Gasteiger partial charge in [0.05, 0.1) is 20.6 Å². The third kappa shape index (κ3) is 3.03. The van der Waals surface area contributed by atoms with Crippen molar-refractivity contribution in [2.24, 2.45) is 5.41 Å². The lowest BCUT2D eigenvalue weighted by molar-refractivity contribution is -0.155. The van der Waals surface area contributed by atoms with Crippen LogP contribution < -0.4 is 10.2 Å². The molecule has 1 aromatic heterocycles. The van der Waals surface area contributed by atoms with Gasteiger partial charge >= 0.3 is 6.18 Å². The van der Waals surface area contributed by atoms with Gasteiger partial charge in [0.15, 0.2) is 0 Å². The Hall–Kier alpha value is -1.02. The normalized spacial score (nSPS) is 24.1. The van der Waals surface area contributed by atoms with Crippen molar-refractivity contribution in [3.05, 3.63) is 21.9 Å². The van der Waals surface area contributed by atoms with Crippen LogP contribution in [-0.2, 0) is 4.79 Å². The number of amides is 1. The number of nitrogens with one attached hydrogen (secondary N) is 1. The fourth-order valence-corrected chi connectivity index (χ4v) is 4.31. The Bertz CT molecular complexity index is 612. The van der Waals surface area contributed by atoms with Crippen molar-refractivity contribution >= 4 is 39.1 Å². The predicted octanol–water partition coefficient (Wildman–Crippen LogP) is 3.53. The molecule has 0 bridgehead atoms. The number of halogens is 5. The van der Waals surface area contributed by atoms with Crippen molar-refractivity contribution in [2.45, 2.75) is 31.5 Å². The first-order valence-corrected chi connectivity index (χ1v) is 8.32. The first-order valence-electron chi connectivity index (χ1n) is 7.15. The number of piperidine rings is 1. The van der Waals surface area contributed by atoms with Crippen LogP contribution in [0.5, 0.6) is 0 Å². The van der Waals surface area contributed by atoms with Gasteiger partial charge in [-0.25, -0.2) is 0 Å². The average molecular weight is 413 g/mol. The topological polar surface area (TPSA) is 45.2 Å². The molecular weight excluding hydrogens is 399 g/mol. The van der Waals surface area contributed by atoms with Crippen molar-refractivity contribution in [3.8, 4) is 0 Å². The van der Waals surface area contributed by atoms with E-state index in [9.17, 15) is 18.0 Å². The summed E-state index contributed by atoms with van der Waals surface area (Å²) in [5, 5.41) is 2.58. The Morgan fingerprint density at radius 2 is 2.00 bits per heavy atom. The van der Waals surface area contributed by atoms with Crippen LogP contribution in [-0.4, -0.2) is 36.2 Å². The van der Waals surface area contributed by atoms with Crippen LogP contribution in [0.4, 0.5) is 18.9 Å². The van der Waals surface area contributed by atoms with E-state index in [0.717, 1.165) is 10.2 Å². The Morgan fingerprint density at radius 3 is 2.52 bits per heavy atom. The van der Waals surface area contributed by atoms with E-state index in [1.54, 1.807) is 6.20 Å². The molecule has 9 heteroatoms. The number of rotatable bonds is 1. The number of aromatic nitrogens is 1. The number of carbonyl (C=O) groups is 1. The standard InChI is InChI=1S/C14H14BrClF3N3O/c15-8-6-20-7-9(16)11(8)22-3-1-13(2-4-22)5-10(14(17,18)19)21-12(13)23/h6-7,10H,1-5H2,(H,21,23)/t10-/m1/s1. The molecule has 0 aliphatic carbocycles. The first kappa shape index (κ1) is 16.8. The van der Waals surface area contributed by atoms with Crippen LogP contribution in [0.1, 0.15) is 19.3 Å². The van der Waals surface area contributed by atoms with E-state index in [1.165, 1.54) is 6.20 Å². The summed E-state index contributed by atoms with van der Waals surface area (Å²) in [6.07, 6.45) is -0.698. The first-order chi connectivity index (χ1) is 10.7. The molecule has 2 fully saturated rings.